The van der Waals surface area contributed by atoms with Crippen LogP contribution in [-0.4, -0.2) is 24.1 Å². The van der Waals surface area contributed by atoms with Crippen molar-refractivity contribution in [2.75, 3.05) is 17.2 Å². The van der Waals surface area contributed by atoms with Crippen LogP contribution in [0.1, 0.15) is 6.42 Å². The molecule has 0 fully saturated rings. The quantitative estimate of drug-likeness (QED) is 0.780. The third-order valence-electron chi connectivity index (χ3n) is 3.14. The van der Waals surface area contributed by atoms with Gasteiger partial charge in [-0.25, -0.2) is 0 Å². The third-order valence-corrected chi connectivity index (χ3v) is 4.64. The summed E-state index contributed by atoms with van der Waals surface area (Å²) in [7, 11) is 0. The number of nitrogens with zero attached hydrogens (tertiary/aromatic N) is 1. The van der Waals surface area contributed by atoms with Gasteiger partial charge in [-0.15, -0.1) is 11.8 Å². The molecule has 0 unspecified atom stereocenters. The van der Waals surface area contributed by atoms with Gasteiger partial charge < -0.3 is 10.6 Å². The molecule has 0 aliphatic heterocycles. The summed E-state index contributed by atoms with van der Waals surface area (Å²) in [5, 5.41) is 0.619. The van der Waals surface area contributed by atoms with E-state index < -0.39 is 5.91 Å². The summed E-state index contributed by atoms with van der Waals surface area (Å²) < 4.78 is 0. The van der Waals surface area contributed by atoms with Crippen molar-refractivity contribution >= 4 is 40.9 Å². The lowest BCUT2D eigenvalue weighted by Crippen LogP contribution is -2.35. The van der Waals surface area contributed by atoms with Crippen molar-refractivity contribution in [2.45, 2.75) is 11.3 Å². The van der Waals surface area contributed by atoms with Crippen LogP contribution in [-0.2, 0) is 9.59 Å². The van der Waals surface area contributed by atoms with Crippen LogP contribution in [0.2, 0.25) is 5.02 Å². The SMILES string of the molecule is NC(=O)CCN(C(=O)CSc1ccccc1Cl)c1ccccc1. The van der Waals surface area contributed by atoms with Crippen LogP contribution >= 0.6 is 23.4 Å². The van der Waals surface area contributed by atoms with Gasteiger partial charge in [-0.05, 0) is 24.3 Å². The monoisotopic (exact) mass is 348 g/mol. The van der Waals surface area contributed by atoms with Gasteiger partial charge in [0.1, 0.15) is 0 Å². The molecule has 4 nitrogen and oxygen atoms in total. The number of anilines is 1. The highest BCUT2D eigenvalue weighted by molar-refractivity contribution is 8.00. The van der Waals surface area contributed by atoms with Crippen molar-refractivity contribution in [3.05, 3.63) is 59.6 Å². The van der Waals surface area contributed by atoms with Gasteiger partial charge in [0.25, 0.3) is 0 Å². The molecule has 2 amide bonds. The Balaban J connectivity index is 2.07. The zero-order valence-electron chi connectivity index (χ0n) is 12.4. The number of para-hydroxylation sites is 1. The first kappa shape index (κ1) is 17.4. The lowest BCUT2D eigenvalue weighted by Gasteiger charge is -2.22. The highest BCUT2D eigenvalue weighted by atomic mass is 35.5. The van der Waals surface area contributed by atoms with Crippen LogP contribution in [0, 0.1) is 0 Å². The van der Waals surface area contributed by atoms with E-state index in [4.69, 9.17) is 17.3 Å². The lowest BCUT2D eigenvalue weighted by molar-refractivity contribution is -0.118. The van der Waals surface area contributed by atoms with Crippen molar-refractivity contribution in [1.29, 1.82) is 0 Å². The molecule has 0 saturated carbocycles. The highest BCUT2D eigenvalue weighted by Crippen LogP contribution is 2.27. The van der Waals surface area contributed by atoms with E-state index in [-0.39, 0.29) is 24.6 Å². The van der Waals surface area contributed by atoms with E-state index in [2.05, 4.69) is 0 Å². The molecule has 0 atom stereocenters. The maximum absolute atomic E-state index is 12.6. The Hall–Kier alpha value is -1.98. The lowest BCUT2D eigenvalue weighted by atomic mass is 10.2. The third kappa shape index (κ3) is 5.30. The number of nitrogens with two attached hydrogens (primary N) is 1. The maximum atomic E-state index is 12.6. The van der Waals surface area contributed by atoms with E-state index in [1.807, 2.05) is 48.5 Å². The van der Waals surface area contributed by atoms with Crippen LogP contribution < -0.4 is 10.6 Å². The van der Waals surface area contributed by atoms with E-state index in [0.29, 0.717) is 5.02 Å². The molecular formula is C17H17ClN2O2S. The van der Waals surface area contributed by atoms with E-state index >= 15 is 0 Å². The van der Waals surface area contributed by atoms with Gasteiger partial charge in [-0.3, -0.25) is 9.59 Å². The molecule has 0 bridgehead atoms. The fraction of sp³-hybridized carbons (Fsp3) is 0.176. The molecule has 2 aromatic rings. The Bertz CT molecular complexity index is 679. The van der Waals surface area contributed by atoms with Gasteiger partial charge in [0.2, 0.25) is 11.8 Å². The van der Waals surface area contributed by atoms with Gasteiger partial charge in [0, 0.05) is 23.5 Å². The Kier molecular flexibility index (Phi) is 6.50. The number of amides is 2. The van der Waals surface area contributed by atoms with Gasteiger partial charge in [-0.2, -0.15) is 0 Å². The summed E-state index contributed by atoms with van der Waals surface area (Å²) in [6.45, 7) is 0.265. The van der Waals surface area contributed by atoms with Crippen LogP contribution in [0.15, 0.2) is 59.5 Å². The maximum Gasteiger partial charge on any atom is 0.237 e. The zero-order valence-corrected chi connectivity index (χ0v) is 14.0. The molecule has 0 spiro atoms. The van der Waals surface area contributed by atoms with Crippen molar-refractivity contribution in [3.8, 4) is 0 Å². The van der Waals surface area contributed by atoms with Crippen molar-refractivity contribution in [1.82, 2.24) is 0 Å². The standard InChI is InChI=1S/C17H17ClN2O2S/c18-14-8-4-5-9-15(14)23-12-17(22)20(11-10-16(19)21)13-6-2-1-3-7-13/h1-9H,10-12H2,(H2,19,21). The van der Waals surface area contributed by atoms with Crippen LogP contribution in [0.3, 0.4) is 0 Å². The van der Waals surface area contributed by atoms with Crippen LogP contribution in [0.5, 0.6) is 0 Å². The average Bonchev–Trinajstić information content (AvgIpc) is 2.55. The van der Waals surface area contributed by atoms with Crippen molar-refractivity contribution < 1.29 is 9.59 Å². The molecule has 2 rings (SSSR count). The predicted octanol–water partition coefficient (Wildman–Crippen LogP) is 3.34. The topological polar surface area (TPSA) is 63.4 Å². The minimum atomic E-state index is -0.433. The number of thioether (sulfide) groups is 1. The van der Waals surface area contributed by atoms with E-state index in [1.54, 1.807) is 11.0 Å². The summed E-state index contributed by atoms with van der Waals surface area (Å²) in [6, 6.07) is 16.6. The molecule has 2 N–H and O–H groups in total. The Morgan fingerprint density at radius 1 is 1.04 bits per heavy atom. The van der Waals surface area contributed by atoms with Gasteiger partial charge in [0.05, 0.1) is 10.8 Å². The van der Waals surface area contributed by atoms with Gasteiger partial charge in [0.15, 0.2) is 0 Å². The second kappa shape index (κ2) is 8.60. The second-order valence-electron chi connectivity index (χ2n) is 4.82. The molecule has 0 aliphatic carbocycles. The predicted molar refractivity (Wildman–Crippen MR) is 94.8 cm³/mol. The minimum absolute atomic E-state index is 0.0950. The molecule has 0 heterocycles. The number of carbonyl (C=O) groups is 2. The number of carbonyl (C=O) groups excluding carboxylic acids is 2. The number of halogens is 1. The Labute approximate surface area is 144 Å². The zero-order chi connectivity index (χ0) is 16.7. The summed E-state index contributed by atoms with van der Waals surface area (Å²) in [5.41, 5.74) is 5.95. The smallest absolute Gasteiger partial charge is 0.237 e. The molecule has 0 radical (unpaired) electrons. The summed E-state index contributed by atoms with van der Waals surface area (Å²) in [4.78, 5) is 26.0. The number of benzene rings is 2. The van der Waals surface area contributed by atoms with Crippen molar-refractivity contribution in [3.63, 3.8) is 0 Å². The Morgan fingerprint density at radius 2 is 1.70 bits per heavy atom. The highest BCUT2D eigenvalue weighted by Gasteiger charge is 2.17. The largest absolute Gasteiger partial charge is 0.370 e. The van der Waals surface area contributed by atoms with Crippen LogP contribution in [0.4, 0.5) is 5.69 Å². The minimum Gasteiger partial charge on any atom is -0.370 e. The molecule has 0 aromatic heterocycles. The summed E-state index contributed by atoms with van der Waals surface area (Å²) in [5.74, 6) is -0.294. The first-order chi connectivity index (χ1) is 11.1. The van der Waals surface area contributed by atoms with Gasteiger partial charge in [-0.1, -0.05) is 41.9 Å². The van der Waals surface area contributed by atoms with E-state index in [1.165, 1.54) is 11.8 Å². The van der Waals surface area contributed by atoms with E-state index in [9.17, 15) is 9.59 Å². The fourth-order valence-electron chi connectivity index (χ4n) is 2.01. The fourth-order valence-corrected chi connectivity index (χ4v) is 3.12. The summed E-state index contributed by atoms with van der Waals surface area (Å²) >= 11 is 7.47. The van der Waals surface area contributed by atoms with Crippen LogP contribution in [0.25, 0.3) is 0 Å². The molecule has 23 heavy (non-hydrogen) atoms. The number of hydrogen-bond donors (Lipinski definition) is 1. The van der Waals surface area contributed by atoms with Crippen molar-refractivity contribution in [2.24, 2.45) is 5.73 Å². The second-order valence-corrected chi connectivity index (χ2v) is 6.24. The van der Waals surface area contributed by atoms with Gasteiger partial charge >= 0.3 is 0 Å². The Morgan fingerprint density at radius 3 is 2.35 bits per heavy atom. The summed E-state index contributed by atoms with van der Waals surface area (Å²) in [6.07, 6.45) is 0.122. The first-order valence-electron chi connectivity index (χ1n) is 7.09. The number of hydrogen-bond acceptors (Lipinski definition) is 3. The molecule has 0 aliphatic rings. The van der Waals surface area contributed by atoms with E-state index in [0.717, 1.165) is 10.6 Å². The molecular weight excluding hydrogens is 332 g/mol. The normalized spacial score (nSPS) is 10.3. The first-order valence-corrected chi connectivity index (χ1v) is 8.45. The number of primary amides is 1. The molecule has 6 heteroatoms. The number of rotatable bonds is 7. The molecule has 2 aromatic carbocycles. The molecule has 120 valence electrons. The average molecular weight is 349 g/mol. The molecule has 0 saturated heterocycles.